The van der Waals surface area contributed by atoms with E-state index in [2.05, 4.69) is 27.6 Å². The number of nitrogens with zero attached hydrogens (tertiary/aromatic N) is 2. The molecule has 0 N–H and O–H groups in total. The summed E-state index contributed by atoms with van der Waals surface area (Å²) >= 11 is 2.14. The standard InChI is InChI=1S/C13H7F2IN2/c14-8-3-1-4-9(15)12(8)11-7-18-6-2-5-10(16)13(18)17-11/h1-7H. The fraction of sp³-hybridized carbons (Fsp3) is 0. The largest absolute Gasteiger partial charge is 0.306 e. The quantitative estimate of drug-likeness (QED) is 0.605. The third-order valence-electron chi connectivity index (χ3n) is 2.65. The van der Waals surface area contributed by atoms with E-state index in [1.807, 2.05) is 12.1 Å². The van der Waals surface area contributed by atoms with Crippen LogP contribution in [0.2, 0.25) is 0 Å². The minimum Gasteiger partial charge on any atom is -0.306 e. The summed E-state index contributed by atoms with van der Waals surface area (Å²) in [7, 11) is 0. The van der Waals surface area contributed by atoms with Crippen LogP contribution in [0.25, 0.3) is 16.9 Å². The summed E-state index contributed by atoms with van der Waals surface area (Å²) in [5, 5.41) is 0. The van der Waals surface area contributed by atoms with Gasteiger partial charge in [0.1, 0.15) is 11.6 Å². The maximum Gasteiger partial charge on any atom is 0.150 e. The SMILES string of the molecule is Fc1cccc(F)c1-c1cn2cccc(I)c2n1. The lowest BCUT2D eigenvalue weighted by Gasteiger charge is -1.99. The van der Waals surface area contributed by atoms with Crippen LogP contribution in [-0.2, 0) is 0 Å². The molecule has 0 saturated carbocycles. The lowest BCUT2D eigenvalue weighted by atomic mass is 10.1. The highest BCUT2D eigenvalue weighted by Gasteiger charge is 2.14. The van der Waals surface area contributed by atoms with E-state index in [0.29, 0.717) is 11.3 Å². The summed E-state index contributed by atoms with van der Waals surface area (Å²) in [5.41, 5.74) is 0.905. The number of rotatable bonds is 1. The Bertz CT molecular complexity index is 717. The van der Waals surface area contributed by atoms with Crippen molar-refractivity contribution in [1.82, 2.24) is 9.38 Å². The molecule has 3 aromatic rings. The zero-order valence-electron chi connectivity index (χ0n) is 9.07. The molecule has 0 spiro atoms. The van der Waals surface area contributed by atoms with Crippen LogP contribution in [-0.4, -0.2) is 9.38 Å². The first-order valence-corrected chi connectivity index (χ1v) is 6.32. The minimum atomic E-state index is -0.603. The Morgan fingerprint density at radius 1 is 1.06 bits per heavy atom. The summed E-state index contributed by atoms with van der Waals surface area (Å²) in [4.78, 5) is 4.28. The molecule has 0 fully saturated rings. The Morgan fingerprint density at radius 2 is 1.78 bits per heavy atom. The van der Waals surface area contributed by atoms with E-state index in [4.69, 9.17) is 0 Å². The van der Waals surface area contributed by atoms with Crippen LogP contribution in [0, 0.1) is 15.2 Å². The molecule has 0 aliphatic carbocycles. The number of hydrogen-bond acceptors (Lipinski definition) is 1. The van der Waals surface area contributed by atoms with Gasteiger partial charge in [-0.15, -0.1) is 0 Å². The normalized spacial score (nSPS) is 11.1. The minimum absolute atomic E-state index is 0.0861. The first-order chi connectivity index (χ1) is 8.66. The molecule has 2 heterocycles. The molecule has 3 rings (SSSR count). The third kappa shape index (κ3) is 1.78. The number of benzene rings is 1. The zero-order chi connectivity index (χ0) is 12.7. The zero-order valence-corrected chi connectivity index (χ0v) is 11.2. The molecule has 0 amide bonds. The van der Waals surface area contributed by atoms with Gasteiger partial charge >= 0.3 is 0 Å². The van der Waals surface area contributed by atoms with Crippen molar-refractivity contribution in [3.8, 4) is 11.3 Å². The van der Waals surface area contributed by atoms with Gasteiger partial charge in [0, 0.05) is 12.4 Å². The van der Waals surface area contributed by atoms with Crippen LogP contribution >= 0.6 is 22.6 Å². The van der Waals surface area contributed by atoms with Gasteiger partial charge in [-0.05, 0) is 46.9 Å². The molecule has 0 unspecified atom stereocenters. The molecule has 0 aliphatic rings. The van der Waals surface area contributed by atoms with Gasteiger partial charge in [-0.3, -0.25) is 0 Å². The Balaban J connectivity index is 2.30. The van der Waals surface area contributed by atoms with Crippen molar-refractivity contribution in [2.24, 2.45) is 0 Å². The molecule has 90 valence electrons. The molecule has 0 atom stereocenters. The van der Waals surface area contributed by atoms with E-state index in [9.17, 15) is 8.78 Å². The van der Waals surface area contributed by atoms with Crippen molar-refractivity contribution >= 4 is 28.2 Å². The second-order valence-electron chi connectivity index (χ2n) is 3.81. The van der Waals surface area contributed by atoms with Gasteiger partial charge in [0.15, 0.2) is 5.65 Å². The first-order valence-electron chi connectivity index (χ1n) is 5.24. The fourth-order valence-electron chi connectivity index (χ4n) is 1.84. The number of halogens is 3. The molecule has 2 nitrogen and oxygen atoms in total. The van der Waals surface area contributed by atoms with E-state index in [0.717, 1.165) is 3.57 Å². The lowest BCUT2D eigenvalue weighted by molar-refractivity contribution is 0.589. The van der Waals surface area contributed by atoms with Gasteiger partial charge in [-0.1, -0.05) is 6.07 Å². The molecular weight excluding hydrogens is 349 g/mol. The summed E-state index contributed by atoms with van der Waals surface area (Å²) < 4.78 is 30.0. The van der Waals surface area contributed by atoms with E-state index in [1.165, 1.54) is 18.2 Å². The molecule has 0 bridgehead atoms. The molecule has 0 aliphatic heterocycles. The maximum absolute atomic E-state index is 13.7. The van der Waals surface area contributed by atoms with Gasteiger partial charge in [0.2, 0.25) is 0 Å². The van der Waals surface area contributed by atoms with E-state index < -0.39 is 11.6 Å². The first kappa shape index (κ1) is 11.6. The molecule has 0 saturated heterocycles. The second kappa shape index (κ2) is 4.31. The van der Waals surface area contributed by atoms with E-state index in [1.54, 1.807) is 16.8 Å². The number of fused-ring (bicyclic) bond motifs is 1. The molecule has 18 heavy (non-hydrogen) atoms. The Hall–Kier alpha value is -1.50. The molecule has 5 heteroatoms. The molecule has 1 aromatic carbocycles. The highest BCUT2D eigenvalue weighted by atomic mass is 127. The smallest absolute Gasteiger partial charge is 0.150 e. The summed E-state index contributed by atoms with van der Waals surface area (Å²) in [6.45, 7) is 0. The Labute approximate surface area is 115 Å². The van der Waals surface area contributed by atoms with Gasteiger partial charge in [0.05, 0.1) is 14.8 Å². The van der Waals surface area contributed by atoms with Crippen molar-refractivity contribution in [2.45, 2.75) is 0 Å². The summed E-state index contributed by atoms with van der Waals surface area (Å²) in [6.07, 6.45) is 3.42. The third-order valence-corrected chi connectivity index (χ3v) is 3.50. The molecular formula is C13H7F2IN2. The number of pyridine rings is 1. The number of aromatic nitrogens is 2. The van der Waals surface area contributed by atoms with Gasteiger partial charge < -0.3 is 4.40 Å². The van der Waals surface area contributed by atoms with Crippen molar-refractivity contribution in [3.63, 3.8) is 0 Å². The van der Waals surface area contributed by atoms with Crippen LogP contribution in [0.1, 0.15) is 0 Å². The van der Waals surface area contributed by atoms with Crippen molar-refractivity contribution < 1.29 is 8.78 Å². The topological polar surface area (TPSA) is 17.3 Å². The Kier molecular flexibility index (Phi) is 2.77. The Morgan fingerprint density at radius 3 is 2.44 bits per heavy atom. The van der Waals surface area contributed by atoms with Crippen LogP contribution in [0.4, 0.5) is 8.78 Å². The van der Waals surface area contributed by atoms with Crippen LogP contribution in [0.15, 0.2) is 42.7 Å². The van der Waals surface area contributed by atoms with E-state index in [-0.39, 0.29) is 5.56 Å². The highest BCUT2D eigenvalue weighted by Crippen LogP contribution is 2.26. The van der Waals surface area contributed by atoms with Crippen molar-refractivity contribution in [2.75, 3.05) is 0 Å². The van der Waals surface area contributed by atoms with Crippen molar-refractivity contribution in [1.29, 1.82) is 0 Å². The number of imidazole rings is 1. The molecule has 0 radical (unpaired) electrons. The van der Waals surface area contributed by atoms with Crippen LogP contribution in [0.3, 0.4) is 0 Å². The number of hydrogen-bond donors (Lipinski definition) is 0. The summed E-state index contributed by atoms with van der Waals surface area (Å²) in [6, 6.07) is 7.55. The predicted octanol–water partition coefficient (Wildman–Crippen LogP) is 3.88. The summed E-state index contributed by atoms with van der Waals surface area (Å²) in [5.74, 6) is -1.21. The van der Waals surface area contributed by atoms with Gasteiger partial charge in [0.25, 0.3) is 0 Å². The van der Waals surface area contributed by atoms with E-state index >= 15 is 0 Å². The maximum atomic E-state index is 13.7. The second-order valence-corrected chi connectivity index (χ2v) is 4.97. The lowest BCUT2D eigenvalue weighted by Crippen LogP contribution is -1.89. The van der Waals surface area contributed by atoms with Crippen molar-refractivity contribution in [3.05, 3.63) is 57.9 Å². The highest BCUT2D eigenvalue weighted by molar-refractivity contribution is 14.1. The predicted molar refractivity (Wildman–Crippen MR) is 73.3 cm³/mol. The average Bonchev–Trinajstić information content (AvgIpc) is 2.74. The monoisotopic (exact) mass is 356 g/mol. The molecule has 2 aromatic heterocycles. The average molecular weight is 356 g/mol. The van der Waals surface area contributed by atoms with Gasteiger partial charge in [-0.25, -0.2) is 13.8 Å². The van der Waals surface area contributed by atoms with Crippen LogP contribution in [0.5, 0.6) is 0 Å². The fourth-order valence-corrected chi connectivity index (χ4v) is 2.45. The van der Waals surface area contributed by atoms with Gasteiger partial charge in [-0.2, -0.15) is 0 Å². The van der Waals surface area contributed by atoms with Crippen LogP contribution < -0.4 is 0 Å².